The van der Waals surface area contributed by atoms with Crippen LogP contribution in [0.1, 0.15) is 16.1 Å². The number of nitrogens with one attached hydrogen (secondary N) is 1. The molecule has 0 saturated heterocycles. The van der Waals surface area contributed by atoms with Crippen LogP contribution >= 0.6 is 0 Å². The molecule has 0 spiro atoms. The number of carbonyl (C=O) groups excluding carboxylic acids is 1. The third-order valence-electron chi connectivity index (χ3n) is 2.30. The van der Waals surface area contributed by atoms with Crippen LogP contribution in [0.4, 0.5) is 8.78 Å². The van der Waals surface area contributed by atoms with Crippen molar-refractivity contribution in [2.45, 2.75) is 12.8 Å². The number of hydrogen-bond acceptors (Lipinski definition) is 2. The zero-order chi connectivity index (χ0) is 11.7. The summed E-state index contributed by atoms with van der Waals surface area (Å²) >= 11 is 0. The average Bonchev–Trinajstić information content (AvgIpc) is 2.60. The lowest BCUT2D eigenvalue weighted by molar-refractivity contribution is 0.0997. The number of carbonyl (C=O) groups is 1. The summed E-state index contributed by atoms with van der Waals surface area (Å²) in [6.07, 6.45) is 0.0440. The Morgan fingerprint density at radius 3 is 2.94 bits per heavy atom. The second-order valence-corrected chi connectivity index (χ2v) is 3.36. The van der Waals surface area contributed by atoms with Gasteiger partial charge in [0.15, 0.2) is 5.69 Å². The molecule has 0 aliphatic carbocycles. The highest BCUT2D eigenvalue weighted by Crippen LogP contribution is 2.21. The number of hydrogen-bond donors (Lipinski definition) is 2. The molecule has 2 heterocycles. The number of aromatic amines is 1. The summed E-state index contributed by atoms with van der Waals surface area (Å²) in [5, 5.41) is 0.559. The van der Waals surface area contributed by atoms with Crippen LogP contribution in [0.15, 0.2) is 18.5 Å². The fourth-order valence-corrected chi connectivity index (χ4v) is 1.63. The van der Waals surface area contributed by atoms with Crippen molar-refractivity contribution in [1.82, 2.24) is 9.97 Å². The summed E-state index contributed by atoms with van der Waals surface area (Å²) < 4.78 is 24.5. The molecule has 2 aromatic rings. The number of rotatable bonds is 3. The maximum absolute atomic E-state index is 12.3. The number of amides is 1. The highest BCUT2D eigenvalue weighted by atomic mass is 19.3. The quantitative estimate of drug-likeness (QED) is 0.830. The third-order valence-corrected chi connectivity index (χ3v) is 2.30. The summed E-state index contributed by atoms with van der Waals surface area (Å²) in [6.45, 7) is 0. The number of aromatic nitrogens is 2. The number of alkyl halides is 2. The van der Waals surface area contributed by atoms with Crippen LogP contribution in [-0.2, 0) is 6.42 Å². The van der Waals surface area contributed by atoms with Gasteiger partial charge in [-0.25, -0.2) is 13.8 Å². The van der Waals surface area contributed by atoms with Crippen LogP contribution in [0.5, 0.6) is 0 Å². The standard InChI is InChI=1S/C10H9F2N3O/c11-7(12)3-5-4-15-8-6(5)1-2-14-9(8)10(13)16/h1-2,4,7,15H,3H2,(H2,13,16). The molecule has 3 N–H and O–H groups in total. The van der Waals surface area contributed by atoms with Gasteiger partial charge in [-0.1, -0.05) is 0 Å². The number of nitrogens with zero attached hydrogens (tertiary/aromatic N) is 1. The first-order valence-corrected chi connectivity index (χ1v) is 4.62. The molecular weight excluding hydrogens is 216 g/mol. The lowest BCUT2D eigenvalue weighted by atomic mass is 10.1. The molecule has 0 aliphatic heterocycles. The monoisotopic (exact) mass is 225 g/mol. The fraction of sp³-hybridized carbons (Fsp3) is 0.200. The Morgan fingerprint density at radius 2 is 2.31 bits per heavy atom. The van der Waals surface area contributed by atoms with E-state index in [0.29, 0.717) is 16.5 Å². The van der Waals surface area contributed by atoms with Gasteiger partial charge in [-0.15, -0.1) is 0 Å². The van der Waals surface area contributed by atoms with Gasteiger partial charge in [0.2, 0.25) is 6.43 Å². The van der Waals surface area contributed by atoms with Crippen molar-refractivity contribution in [2.24, 2.45) is 5.73 Å². The molecule has 6 heteroatoms. The molecule has 4 nitrogen and oxygen atoms in total. The van der Waals surface area contributed by atoms with Crippen LogP contribution in [-0.4, -0.2) is 22.3 Å². The Morgan fingerprint density at radius 1 is 1.56 bits per heavy atom. The molecule has 1 amide bonds. The van der Waals surface area contributed by atoms with Crippen molar-refractivity contribution < 1.29 is 13.6 Å². The normalized spacial score (nSPS) is 11.2. The second kappa shape index (κ2) is 3.88. The second-order valence-electron chi connectivity index (χ2n) is 3.36. The van der Waals surface area contributed by atoms with Crippen molar-refractivity contribution in [1.29, 1.82) is 0 Å². The van der Waals surface area contributed by atoms with Gasteiger partial charge >= 0.3 is 0 Å². The summed E-state index contributed by atoms with van der Waals surface area (Å²) in [5.41, 5.74) is 6.05. The predicted octanol–water partition coefficient (Wildman–Crippen LogP) is 1.47. The maximum Gasteiger partial charge on any atom is 0.269 e. The van der Waals surface area contributed by atoms with E-state index >= 15 is 0 Å². The number of nitrogens with two attached hydrogens (primary N) is 1. The van der Waals surface area contributed by atoms with E-state index in [2.05, 4.69) is 9.97 Å². The molecular formula is C10H9F2N3O. The largest absolute Gasteiger partial charge is 0.364 e. The van der Waals surface area contributed by atoms with Crippen molar-refractivity contribution in [3.63, 3.8) is 0 Å². The van der Waals surface area contributed by atoms with Crippen LogP contribution in [0.2, 0.25) is 0 Å². The van der Waals surface area contributed by atoms with Crippen molar-refractivity contribution in [3.05, 3.63) is 29.7 Å². The Kier molecular flexibility index (Phi) is 2.55. The lowest BCUT2D eigenvalue weighted by Crippen LogP contribution is -2.13. The molecule has 0 unspecified atom stereocenters. The SMILES string of the molecule is NC(=O)c1nccc2c(CC(F)F)c[nH]c12. The Bertz CT molecular complexity index is 536. The van der Waals surface area contributed by atoms with Gasteiger partial charge in [0.25, 0.3) is 5.91 Å². The number of H-pyrrole nitrogens is 1. The molecule has 2 rings (SSSR count). The number of primary amides is 1. The van der Waals surface area contributed by atoms with Crippen LogP contribution < -0.4 is 5.73 Å². The molecule has 84 valence electrons. The molecule has 0 aliphatic rings. The molecule has 0 radical (unpaired) electrons. The van der Waals surface area contributed by atoms with E-state index in [1.807, 2.05) is 0 Å². The Labute approximate surface area is 89.5 Å². The zero-order valence-electron chi connectivity index (χ0n) is 8.21. The summed E-state index contributed by atoms with van der Waals surface area (Å²) in [7, 11) is 0. The van der Waals surface area contributed by atoms with Gasteiger partial charge in [-0.2, -0.15) is 0 Å². The van der Waals surface area contributed by atoms with E-state index in [-0.39, 0.29) is 12.1 Å². The smallest absolute Gasteiger partial charge is 0.269 e. The van der Waals surface area contributed by atoms with Gasteiger partial charge in [0.05, 0.1) is 5.52 Å². The van der Waals surface area contributed by atoms with E-state index < -0.39 is 12.3 Å². The molecule has 0 fully saturated rings. The van der Waals surface area contributed by atoms with Crippen molar-refractivity contribution >= 4 is 16.8 Å². The van der Waals surface area contributed by atoms with Gasteiger partial charge in [0, 0.05) is 24.2 Å². The molecule has 0 saturated carbocycles. The van der Waals surface area contributed by atoms with E-state index in [1.165, 1.54) is 12.4 Å². The first kappa shape index (κ1) is 10.5. The Balaban J connectivity index is 2.57. The van der Waals surface area contributed by atoms with Gasteiger partial charge in [0.1, 0.15) is 0 Å². The predicted molar refractivity (Wildman–Crippen MR) is 54.3 cm³/mol. The minimum absolute atomic E-state index is 0.0676. The molecule has 0 bridgehead atoms. The van der Waals surface area contributed by atoms with E-state index in [1.54, 1.807) is 6.07 Å². The van der Waals surface area contributed by atoms with Crippen LogP contribution in [0, 0.1) is 0 Å². The molecule has 2 aromatic heterocycles. The minimum atomic E-state index is -2.43. The Hall–Kier alpha value is -1.98. The fourth-order valence-electron chi connectivity index (χ4n) is 1.63. The third kappa shape index (κ3) is 1.73. The van der Waals surface area contributed by atoms with Crippen LogP contribution in [0.25, 0.3) is 10.9 Å². The number of pyridine rings is 1. The molecule has 0 aromatic carbocycles. The first-order chi connectivity index (χ1) is 7.59. The van der Waals surface area contributed by atoms with E-state index in [4.69, 9.17) is 5.73 Å². The highest BCUT2D eigenvalue weighted by molar-refractivity contribution is 6.03. The topological polar surface area (TPSA) is 71.8 Å². The van der Waals surface area contributed by atoms with Gasteiger partial charge < -0.3 is 10.7 Å². The summed E-state index contributed by atoms with van der Waals surface area (Å²) in [6, 6.07) is 1.58. The lowest BCUT2D eigenvalue weighted by Gasteiger charge is -1.99. The van der Waals surface area contributed by atoms with Crippen molar-refractivity contribution in [2.75, 3.05) is 0 Å². The molecule has 0 atom stereocenters. The first-order valence-electron chi connectivity index (χ1n) is 4.62. The number of fused-ring (bicyclic) bond motifs is 1. The van der Waals surface area contributed by atoms with Gasteiger partial charge in [-0.05, 0) is 11.6 Å². The van der Waals surface area contributed by atoms with Crippen molar-refractivity contribution in [3.8, 4) is 0 Å². The highest BCUT2D eigenvalue weighted by Gasteiger charge is 2.14. The molecule has 16 heavy (non-hydrogen) atoms. The zero-order valence-corrected chi connectivity index (χ0v) is 8.21. The van der Waals surface area contributed by atoms with E-state index in [0.717, 1.165) is 0 Å². The number of halogens is 2. The maximum atomic E-state index is 12.3. The van der Waals surface area contributed by atoms with Gasteiger partial charge in [-0.3, -0.25) is 4.79 Å². The minimum Gasteiger partial charge on any atom is -0.364 e. The summed E-state index contributed by atoms with van der Waals surface area (Å²) in [5.74, 6) is -0.684. The summed E-state index contributed by atoms with van der Waals surface area (Å²) in [4.78, 5) is 17.6. The van der Waals surface area contributed by atoms with E-state index in [9.17, 15) is 13.6 Å². The average molecular weight is 225 g/mol. The van der Waals surface area contributed by atoms with Crippen LogP contribution in [0.3, 0.4) is 0 Å².